The van der Waals surface area contributed by atoms with Crippen LogP contribution in [0, 0.1) is 0 Å². The van der Waals surface area contributed by atoms with Crippen LogP contribution in [0.25, 0.3) is 101 Å². The minimum absolute atomic E-state index is 0.505. The van der Waals surface area contributed by atoms with E-state index < -0.39 is 0 Å². The Morgan fingerprint density at radius 2 is 0.786 bits per heavy atom. The molecule has 0 fully saturated rings. The van der Waals surface area contributed by atoms with Crippen LogP contribution in [0.1, 0.15) is 0 Å². The van der Waals surface area contributed by atoms with E-state index in [1.807, 2.05) is 12.1 Å². The number of hydrogen-bond acceptors (Lipinski definition) is 4. The monoisotopic (exact) mass is 716 g/mol. The number of fused-ring (bicyclic) bond motifs is 6. The lowest BCUT2D eigenvalue weighted by Gasteiger charge is -2.12. The fourth-order valence-electron chi connectivity index (χ4n) is 7.96. The Labute approximate surface area is 322 Å². The number of aromatic nitrogens is 6. The van der Waals surface area contributed by atoms with Gasteiger partial charge in [0.2, 0.25) is 5.95 Å². The summed E-state index contributed by atoms with van der Waals surface area (Å²) in [7, 11) is 0. The minimum atomic E-state index is 0.505. The summed E-state index contributed by atoms with van der Waals surface area (Å²) in [5, 5.41) is 3.17. The van der Waals surface area contributed by atoms with Crippen LogP contribution in [-0.4, -0.2) is 29.1 Å². The van der Waals surface area contributed by atoms with Crippen LogP contribution in [0.5, 0.6) is 0 Å². The zero-order valence-electron chi connectivity index (χ0n) is 30.2. The van der Waals surface area contributed by atoms with E-state index in [0.29, 0.717) is 17.6 Å². The molecule has 56 heavy (non-hydrogen) atoms. The lowest BCUT2D eigenvalue weighted by Crippen LogP contribution is -2.07. The average molecular weight is 717 g/mol. The van der Waals surface area contributed by atoms with Crippen molar-refractivity contribution in [3.05, 3.63) is 194 Å². The molecule has 0 aliphatic heterocycles. The Bertz CT molecular complexity index is 3140. The lowest BCUT2D eigenvalue weighted by atomic mass is 10.0. The van der Waals surface area contributed by atoms with Crippen LogP contribution in [0.2, 0.25) is 0 Å². The van der Waals surface area contributed by atoms with E-state index in [1.54, 1.807) is 0 Å². The Hall–Kier alpha value is -7.70. The van der Waals surface area contributed by atoms with Gasteiger partial charge in [-0.2, -0.15) is 9.97 Å². The first kappa shape index (κ1) is 31.8. The normalized spacial score (nSPS) is 11.6. The van der Waals surface area contributed by atoms with Gasteiger partial charge in [0.05, 0.1) is 22.1 Å². The van der Waals surface area contributed by atoms with E-state index in [-0.39, 0.29) is 0 Å². The quantitative estimate of drug-likeness (QED) is 0.172. The van der Waals surface area contributed by atoms with E-state index in [9.17, 15) is 0 Å². The van der Waals surface area contributed by atoms with Crippen molar-refractivity contribution in [1.82, 2.24) is 29.1 Å². The summed E-state index contributed by atoms with van der Waals surface area (Å²) in [4.78, 5) is 21.3. The molecular formula is C50H32N6. The van der Waals surface area contributed by atoms with E-state index in [2.05, 4.69) is 191 Å². The zero-order chi connectivity index (χ0) is 37.0. The van der Waals surface area contributed by atoms with Crippen LogP contribution in [0.15, 0.2) is 194 Å². The van der Waals surface area contributed by atoms with Gasteiger partial charge in [-0.25, -0.2) is 9.97 Å². The van der Waals surface area contributed by atoms with Gasteiger partial charge in [-0.1, -0.05) is 152 Å². The molecular weight excluding hydrogens is 685 g/mol. The molecule has 0 aliphatic carbocycles. The molecule has 0 unspecified atom stereocenters. The number of para-hydroxylation sites is 3. The molecule has 0 aliphatic rings. The van der Waals surface area contributed by atoms with Crippen molar-refractivity contribution in [1.29, 1.82) is 0 Å². The summed E-state index contributed by atoms with van der Waals surface area (Å²) in [6.45, 7) is 0. The molecule has 0 N–H and O–H groups in total. The fourth-order valence-corrected chi connectivity index (χ4v) is 7.96. The molecule has 0 radical (unpaired) electrons. The second-order valence-electron chi connectivity index (χ2n) is 13.9. The first-order valence-corrected chi connectivity index (χ1v) is 18.7. The molecule has 0 spiro atoms. The molecule has 6 heteroatoms. The topological polar surface area (TPSA) is 61.4 Å². The third-order valence-corrected chi connectivity index (χ3v) is 10.6. The summed E-state index contributed by atoms with van der Waals surface area (Å²) < 4.78 is 4.41. The Morgan fingerprint density at radius 3 is 1.39 bits per heavy atom. The maximum absolute atomic E-state index is 5.52. The third kappa shape index (κ3) is 5.27. The van der Waals surface area contributed by atoms with Gasteiger partial charge < -0.3 is 4.57 Å². The molecule has 0 amide bonds. The second kappa shape index (κ2) is 13.0. The van der Waals surface area contributed by atoms with Crippen LogP contribution in [-0.2, 0) is 0 Å². The van der Waals surface area contributed by atoms with Crippen molar-refractivity contribution in [3.63, 3.8) is 0 Å². The Kier molecular flexibility index (Phi) is 7.38. The Morgan fingerprint density at radius 1 is 0.304 bits per heavy atom. The van der Waals surface area contributed by atoms with Gasteiger partial charge in [-0.15, -0.1) is 0 Å². The molecule has 11 rings (SSSR count). The van der Waals surface area contributed by atoms with Gasteiger partial charge in [-0.3, -0.25) is 4.57 Å². The molecule has 11 aromatic rings. The maximum atomic E-state index is 5.52. The van der Waals surface area contributed by atoms with E-state index in [4.69, 9.17) is 19.9 Å². The predicted octanol–water partition coefficient (Wildman–Crippen LogP) is 12.1. The van der Waals surface area contributed by atoms with Crippen molar-refractivity contribution in [2.24, 2.45) is 0 Å². The van der Waals surface area contributed by atoms with Gasteiger partial charge in [0.25, 0.3) is 0 Å². The smallest absolute Gasteiger partial charge is 0.240 e. The van der Waals surface area contributed by atoms with Crippen LogP contribution in [0.3, 0.4) is 0 Å². The number of hydrogen-bond donors (Lipinski definition) is 0. The Balaban J connectivity index is 1.19. The first-order chi connectivity index (χ1) is 27.8. The summed E-state index contributed by atoms with van der Waals surface area (Å²) in [5.74, 6) is 1.67. The average Bonchev–Trinajstić information content (AvgIpc) is 3.78. The van der Waals surface area contributed by atoms with Crippen molar-refractivity contribution in [3.8, 4) is 56.7 Å². The molecule has 0 saturated carbocycles. The molecule has 7 aromatic carbocycles. The SMILES string of the molecule is c1ccc(-c2cccc(-c3nc(-c4cccc(-c5ccccc5)c4)nc(-n4c5ccccc5c5cc6c(nc54)c4ccccc4n6-c4ccccc4)n3)c2)cc1. The van der Waals surface area contributed by atoms with Crippen molar-refractivity contribution in [2.75, 3.05) is 0 Å². The maximum Gasteiger partial charge on any atom is 0.240 e. The molecule has 4 aromatic heterocycles. The number of benzene rings is 7. The number of nitrogens with zero attached hydrogens (tertiary/aromatic N) is 6. The molecule has 0 atom stereocenters. The van der Waals surface area contributed by atoms with E-state index in [0.717, 1.165) is 82.9 Å². The highest BCUT2D eigenvalue weighted by atomic mass is 15.2. The van der Waals surface area contributed by atoms with Gasteiger partial charge in [0, 0.05) is 33.0 Å². The molecule has 4 heterocycles. The van der Waals surface area contributed by atoms with Crippen LogP contribution < -0.4 is 0 Å². The van der Waals surface area contributed by atoms with Crippen LogP contribution >= 0.6 is 0 Å². The summed E-state index contributed by atoms with van der Waals surface area (Å²) in [6.07, 6.45) is 0. The van der Waals surface area contributed by atoms with Gasteiger partial charge in [0.15, 0.2) is 11.6 Å². The van der Waals surface area contributed by atoms with E-state index in [1.165, 1.54) is 0 Å². The molecule has 0 bridgehead atoms. The molecule has 0 saturated heterocycles. The number of pyridine rings is 1. The first-order valence-electron chi connectivity index (χ1n) is 18.7. The van der Waals surface area contributed by atoms with Crippen molar-refractivity contribution in [2.45, 2.75) is 0 Å². The summed E-state index contributed by atoms with van der Waals surface area (Å²) in [6, 6.07) is 67.3. The highest BCUT2D eigenvalue weighted by Gasteiger charge is 2.22. The largest absolute Gasteiger partial charge is 0.308 e. The summed E-state index contributed by atoms with van der Waals surface area (Å²) in [5.41, 5.74) is 12.1. The van der Waals surface area contributed by atoms with E-state index >= 15 is 0 Å². The lowest BCUT2D eigenvalue weighted by molar-refractivity contribution is 0.946. The predicted molar refractivity (Wildman–Crippen MR) is 228 cm³/mol. The van der Waals surface area contributed by atoms with Crippen molar-refractivity contribution < 1.29 is 0 Å². The molecule has 6 nitrogen and oxygen atoms in total. The van der Waals surface area contributed by atoms with Gasteiger partial charge in [0.1, 0.15) is 5.65 Å². The van der Waals surface area contributed by atoms with Gasteiger partial charge >= 0.3 is 0 Å². The second-order valence-corrected chi connectivity index (χ2v) is 13.9. The standard InChI is InChI=1S/C50H32N6/c1-4-16-33(17-5-1)35-20-14-22-37(30-35)47-52-48(38-23-15-21-36(31-38)34-18-6-2-7-19-34)54-50(53-47)56-43-28-12-10-26-40(43)42-32-45-46(51-49(42)56)41-27-11-13-29-44(41)55(45)39-24-8-3-9-25-39/h1-32H. The highest BCUT2D eigenvalue weighted by molar-refractivity contribution is 6.15. The zero-order valence-corrected chi connectivity index (χ0v) is 30.2. The summed E-state index contributed by atoms with van der Waals surface area (Å²) >= 11 is 0. The number of rotatable bonds is 6. The third-order valence-electron chi connectivity index (χ3n) is 10.6. The molecule has 262 valence electrons. The fraction of sp³-hybridized carbons (Fsp3) is 0. The highest BCUT2D eigenvalue weighted by Crippen LogP contribution is 2.38. The van der Waals surface area contributed by atoms with Crippen LogP contribution in [0.4, 0.5) is 0 Å². The van der Waals surface area contributed by atoms with Crippen molar-refractivity contribution >= 4 is 43.9 Å². The minimum Gasteiger partial charge on any atom is -0.308 e. The van der Waals surface area contributed by atoms with Gasteiger partial charge in [-0.05, 0) is 64.7 Å².